The van der Waals surface area contributed by atoms with E-state index >= 15 is 0 Å². The van der Waals surface area contributed by atoms with Gasteiger partial charge in [-0.15, -0.1) is 0 Å². The van der Waals surface area contributed by atoms with Crippen LogP contribution in [0.5, 0.6) is 11.5 Å². The first-order valence-electron chi connectivity index (χ1n) is 40.6. The fourth-order valence-corrected chi connectivity index (χ4v) is 16.7. The zero-order chi connectivity index (χ0) is 89.7. The average molecular weight is 1750 g/mol. The number of methoxy groups -OCH3 is 4. The first-order chi connectivity index (χ1) is 58.4. The minimum absolute atomic E-state index is 0.0647. The highest BCUT2D eigenvalue weighted by molar-refractivity contribution is 6.36. The van der Waals surface area contributed by atoms with Gasteiger partial charge in [0.05, 0.1) is 63.9 Å². The molecule has 16 unspecified atom stereocenters. The highest BCUT2D eigenvalue weighted by atomic mass is 35.5. The Labute approximate surface area is 725 Å². The van der Waals surface area contributed by atoms with Crippen molar-refractivity contribution >= 4 is 88.3 Å². The molecule has 0 aromatic heterocycles. The lowest BCUT2D eigenvalue weighted by molar-refractivity contribution is -0.163. The van der Waals surface area contributed by atoms with Gasteiger partial charge >= 0.3 is 30.1 Å². The minimum atomic E-state index is -1.87. The molecule has 123 heavy (non-hydrogen) atoms. The number of aliphatic hydroxyl groups is 2. The molecule has 7 aliphatic heterocycles. The number of carbonyl (C=O) groups excluding carboxylic acids is 9. The number of ether oxygens (including phenoxy) is 13. The average Bonchev–Trinajstić information content (AvgIpc) is 1.57. The Morgan fingerprint density at radius 1 is 0.626 bits per heavy atom. The molecule has 7 heterocycles. The van der Waals surface area contributed by atoms with Crippen LogP contribution in [0.1, 0.15) is 109 Å². The van der Waals surface area contributed by atoms with E-state index in [1.165, 1.54) is 66.2 Å². The van der Waals surface area contributed by atoms with Crippen LogP contribution >= 0.6 is 23.2 Å². The van der Waals surface area contributed by atoms with Gasteiger partial charge in [-0.2, -0.15) is 0 Å². The second-order valence-electron chi connectivity index (χ2n) is 32.4. The number of hydrogen-bond donors (Lipinski definition) is 6. The number of halogens is 2. The second-order valence-corrected chi connectivity index (χ2v) is 33.1. The maximum Gasteiger partial charge on any atom is 0.409 e. The van der Waals surface area contributed by atoms with Crippen molar-refractivity contribution in [2.75, 3.05) is 119 Å². The largest absolute Gasteiger partial charge is 0.495 e. The van der Waals surface area contributed by atoms with Crippen molar-refractivity contribution in [3.05, 3.63) is 153 Å². The zero-order valence-electron chi connectivity index (χ0n) is 72.2. The van der Waals surface area contributed by atoms with E-state index in [1.54, 1.807) is 90.4 Å². The summed E-state index contributed by atoms with van der Waals surface area (Å²) in [5.74, 6) is 0.0235. The molecule has 0 saturated carbocycles. The van der Waals surface area contributed by atoms with Crippen LogP contribution in [0.15, 0.2) is 120 Å². The van der Waals surface area contributed by atoms with Gasteiger partial charge in [0.15, 0.2) is 11.4 Å². The lowest BCUT2D eigenvalue weighted by Gasteiger charge is -2.42. The Hall–Kier alpha value is -9.59. The van der Waals surface area contributed by atoms with Gasteiger partial charge in [-0.1, -0.05) is 133 Å². The van der Waals surface area contributed by atoms with E-state index in [1.807, 2.05) is 74.5 Å². The summed E-state index contributed by atoms with van der Waals surface area (Å²) in [5, 5.41) is 32.1. The molecule has 670 valence electrons. The first kappa shape index (κ1) is 95.6. The van der Waals surface area contributed by atoms with E-state index < -0.39 is 169 Å². The molecule has 0 radical (unpaired) electrons. The number of anilines is 2. The van der Waals surface area contributed by atoms with Gasteiger partial charge in [0.2, 0.25) is 17.7 Å². The van der Waals surface area contributed by atoms with Crippen LogP contribution in [0.2, 0.25) is 10.0 Å². The smallest absolute Gasteiger partial charge is 0.409 e. The molecule has 0 spiro atoms. The number of amides is 6. The van der Waals surface area contributed by atoms with Crippen LogP contribution in [-0.4, -0.2) is 267 Å². The molecule has 33 nitrogen and oxygen atoms in total. The van der Waals surface area contributed by atoms with Crippen molar-refractivity contribution < 1.29 is 120 Å². The van der Waals surface area contributed by atoms with Gasteiger partial charge in [0.25, 0.3) is 5.91 Å². The quantitative estimate of drug-likeness (QED) is 0.0238. The zero-order valence-corrected chi connectivity index (χ0v) is 73.7. The van der Waals surface area contributed by atoms with Gasteiger partial charge in [0, 0.05) is 86.1 Å². The number of hydrogen-bond acceptors (Lipinski definition) is 27. The summed E-state index contributed by atoms with van der Waals surface area (Å²) in [5.41, 5.74) is 2.16. The number of nitrogens with one attached hydrogen (secondary N) is 3. The van der Waals surface area contributed by atoms with Crippen LogP contribution in [0.4, 0.5) is 21.0 Å². The standard InChI is InChI=1S/C50H58ClN3O13.C34H47ClN4O11.C4H9NO/c1-28-14-13-19-40(62-8)50(60)24-39(65-48(59)52-50)29(2)46-49(4,67-46)41(23-42(55)54(6)37-21-31(20-28)22-38(61-7)45(37)51)66-47(58)30(3)53(5)43(56)26-63-27-44(57)64-25-36-34-17-11-9-15-32(34)33-16-10-12-18-35(33)36;1-18-10-9-11-25(46-8)34(44)16-24(48-32(43)37-34)19(2)30-33(4,50-30)26(49-31(42)20(3)38(5)28(41)17-47-36)15-27(40)39(6)22-13-21(12-18)14-23(45-7)29(22)35;1-3-6-4-2-5-1/h9-19,21-22,29-30,36,39-41,46,60H,20,23-27H2,1-8H3,(H,52,59);9-11,13-14,19-20,24-26,30,44H,12,15-17,36H2,1-8H3,(H,37,43);5H,1-4H2/b19-13+,28-14+;11-9+,18-10+;. The van der Waals surface area contributed by atoms with Gasteiger partial charge in [0.1, 0.15) is 108 Å². The number of nitrogens with zero attached hydrogens (tertiary/aromatic N) is 4. The maximum atomic E-state index is 14.3. The lowest BCUT2D eigenvalue weighted by Crippen LogP contribution is -2.63. The van der Waals surface area contributed by atoms with Gasteiger partial charge in [-0.05, 0) is 112 Å². The number of nitrogens with two attached hydrogens (primary N) is 1. The third-order valence-electron chi connectivity index (χ3n) is 23.9. The van der Waals surface area contributed by atoms with Gasteiger partial charge < -0.3 is 96.7 Å². The van der Waals surface area contributed by atoms with Crippen LogP contribution in [0.3, 0.4) is 0 Å². The van der Waals surface area contributed by atoms with E-state index in [4.69, 9.17) is 90.7 Å². The summed E-state index contributed by atoms with van der Waals surface area (Å²) in [6.07, 6.45) is 1.20. The number of fused-ring (bicyclic) bond motifs is 13. The molecule has 8 bridgehead atoms. The molecular formula is C88H114Cl2N8O25. The number of allylic oxidation sites excluding steroid dienone is 6. The molecule has 4 aromatic carbocycles. The molecule has 6 amide bonds. The fraction of sp³-hybridized carbons (Fsp3) is 0.534. The van der Waals surface area contributed by atoms with Crippen LogP contribution in [0.25, 0.3) is 11.1 Å². The Morgan fingerprint density at radius 3 is 1.42 bits per heavy atom. The van der Waals surface area contributed by atoms with E-state index in [-0.39, 0.29) is 48.3 Å². The summed E-state index contributed by atoms with van der Waals surface area (Å²) in [6, 6.07) is 20.8. The molecule has 5 fully saturated rings. The third-order valence-corrected chi connectivity index (χ3v) is 24.7. The number of morpholine rings is 1. The summed E-state index contributed by atoms with van der Waals surface area (Å²) in [7, 11) is 11.7. The van der Waals surface area contributed by atoms with Crippen molar-refractivity contribution in [3.63, 3.8) is 0 Å². The van der Waals surface area contributed by atoms with E-state index in [0.29, 0.717) is 35.7 Å². The van der Waals surface area contributed by atoms with Crippen molar-refractivity contribution in [1.29, 1.82) is 0 Å². The van der Waals surface area contributed by atoms with Gasteiger partial charge in [-0.25, -0.2) is 29.9 Å². The van der Waals surface area contributed by atoms with E-state index in [0.717, 1.165) is 80.6 Å². The number of benzene rings is 4. The number of epoxide rings is 2. The van der Waals surface area contributed by atoms with Crippen LogP contribution < -0.4 is 41.1 Å². The van der Waals surface area contributed by atoms with Crippen molar-refractivity contribution in [3.8, 4) is 22.6 Å². The Morgan fingerprint density at radius 2 is 1.04 bits per heavy atom. The molecule has 16 atom stereocenters. The van der Waals surface area contributed by atoms with Crippen molar-refractivity contribution in [2.24, 2.45) is 17.7 Å². The highest BCUT2D eigenvalue weighted by Crippen LogP contribution is 2.52. The minimum Gasteiger partial charge on any atom is -0.495 e. The molecule has 35 heteroatoms. The first-order valence-corrected chi connectivity index (χ1v) is 41.3. The van der Waals surface area contributed by atoms with Crippen LogP contribution in [-0.2, 0) is 103 Å². The van der Waals surface area contributed by atoms with Crippen molar-refractivity contribution in [1.82, 2.24) is 25.8 Å². The SMILES string of the molecule is C1COCCN1.COc1cc2cc(c1Cl)N(C)C(=O)CC(OC(=O)C(C)N(C)C(=O)COCC(=O)OCC1c3ccccc3-c3ccccc31)C1(C)OC1C(C)C1CC(O)(NC(=O)O1)C(OC)/C=C/C=C(\C)C2.COc1cc2cc(c1Cl)N(C)C(=O)CC(OC(=O)C(C)N(C)C(=O)CON)C1(C)OC1C(C)C1CC(O)(NC(=O)O1)C(OC)/C=C/C=C(\C)C2. The predicted molar refractivity (Wildman–Crippen MR) is 451 cm³/mol. The van der Waals surface area contributed by atoms with Crippen LogP contribution in [0, 0.1) is 11.8 Å². The monoisotopic (exact) mass is 1750 g/mol. The second kappa shape index (κ2) is 41.5. The Bertz CT molecular complexity index is 4600. The van der Waals surface area contributed by atoms with E-state index in [9.17, 15) is 53.4 Å². The summed E-state index contributed by atoms with van der Waals surface area (Å²) in [4.78, 5) is 130. The number of likely N-dealkylation sites (N-methyl/N-ethyl adjacent to an activating group) is 2. The molecule has 7 N–H and O–H groups in total. The predicted octanol–water partition coefficient (Wildman–Crippen LogP) is 7.90. The number of esters is 3. The molecule has 4 aromatic rings. The van der Waals surface area contributed by atoms with E-state index in [2.05, 4.69) is 20.8 Å². The normalized spacial score (nSPS) is 29.4. The van der Waals surface area contributed by atoms with Crippen molar-refractivity contribution in [2.45, 2.75) is 183 Å². The Balaban J connectivity index is 0.000000250. The topological polar surface area (TPSA) is 405 Å². The highest BCUT2D eigenvalue weighted by Gasteiger charge is 2.66. The lowest BCUT2D eigenvalue weighted by atomic mass is 9.83. The third kappa shape index (κ3) is 22.6. The number of carbonyl (C=O) groups is 9. The number of alkyl carbamates (subject to hydrolysis) is 2. The Kier molecular flexibility index (Phi) is 32.2. The molecular weight excluding hydrogens is 1640 g/mol. The summed E-state index contributed by atoms with van der Waals surface area (Å²) >= 11 is 13.5. The molecule has 12 rings (SSSR count). The molecule has 5 saturated heterocycles. The van der Waals surface area contributed by atoms with Gasteiger partial charge in [-0.3, -0.25) is 34.6 Å². The molecule has 8 aliphatic rings. The summed E-state index contributed by atoms with van der Waals surface area (Å²) in [6.45, 7) is 16.1. The number of rotatable bonds is 18. The molecule has 1 aliphatic carbocycles. The summed E-state index contributed by atoms with van der Waals surface area (Å²) < 4.78 is 74.3. The maximum absolute atomic E-state index is 14.3. The fourth-order valence-electron chi connectivity index (χ4n) is 16.1.